The van der Waals surface area contributed by atoms with Crippen molar-refractivity contribution in [1.29, 1.82) is 0 Å². The van der Waals surface area contributed by atoms with Crippen molar-refractivity contribution in [2.45, 2.75) is 19.8 Å². The van der Waals surface area contributed by atoms with Crippen molar-refractivity contribution in [1.82, 2.24) is 4.90 Å². The zero-order chi connectivity index (χ0) is 6.97. The highest BCUT2D eigenvalue weighted by Crippen LogP contribution is 2.24. The van der Waals surface area contributed by atoms with E-state index in [1.54, 1.807) is 0 Å². The Bertz CT molecular complexity index is 163. The summed E-state index contributed by atoms with van der Waals surface area (Å²) in [6, 6.07) is 0. The van der Waals surface area contributed by atoms with Gasteiger partial charge in [-0.3, -0.25) is 4.99 Å². The van der Waals surface area contributed by atoms with Gasteiger partial charge in [-0.05, 0) is 12.8 Å². The van der Waals surface area contributed by atoms with Crippen LogP contribution in [0.25, 0.3) is 0 Å². The van der Waals surface area contributed by atoms with Crippen LogP contribution in [0.3, 0.4) is 0 Å². The van der Waals surface area contributed by atoms with Gasteiger partial charge >= 0.3 is 0 Å². The molecule has 2 heterocycles. The number of amidine groups is 1. The first-order valence-corrected chi connectivity index (χ1v) is 4.21. The second kappa shape index (κ2) is 2.26. The molecule has 10 heavy (non-hydrogen) atoms. The molecule has 0 aliphatic carbocycles. The Hall–Kier alpha value is -0.530. The molecule has 0 N–H and O–H groups in total. The molecule has 2 rings (SSSR count). The van der Waals surface area contributed by atoms with Gasteiger partial charge in [0.05, 0.1) is 6.54 Å². The summed E-state index contributed by atoms with van der Waals surface area (Å²) in [4.78, 5) is 6.93. The maximum atomic E-state index is 4.49. The van der Waals surface area contributed by atoms with Crippen molar-refractivity contribution in [3.8, 4) is 0 Å². The Morgan fingerprint density at radius 2 is 2.50 bits per heavy atom. The second-order valence-electron chi connectivity index (χ2n) is 3.12. The number of aliphatic imine (C=N–C) groups is 1. The Morgan fingerprint density at radius 3 is 3.30 bits per heavy atom. The highest BCUT2D eigenvalue weighted by atomic mass is 15.3. The van der Waals surface area contributed by atoms with Gasteiger partial charge in [0.1, 0.15) is 5.84 Å². The Balaban J connectivity index is 2.14. The Kier molecular flexibility index (Phi) is 1.40. The van der Waals surface area contributed by atoms with Crippen LogP contribution in [0.4, 0.5) is 0 Å². The van der Waals surface area contributed by atoms with Crippen LogP contribution in [-0.2, 0) is 0 Å². The van der Waals surface area contributed by atoms with Crippen LogP contribution in [0, 0.1) is 5.92 Å². The molecule has 0 saturated carbocycles. The number of hydrogen-bond donors (Lipinski definition) is 0. The largest absolute Gasteiger partial charge is 0.358 e. The standard InChI is InChI=1S/C8H14N2/c1-2-7-3-5-10-6-4-9-8(7)10/h7H,2-6H2,1H3. The molecule has 1 saturated heterocycles. The van der Waals surface area contributed by atoms with Crippen LogP contribution in [0.1, 0.15) is 19.8 Å². The van der Waals surface area contributed by atoms with Crippen LogP contribution < -0.4 is 0 Å². The van der Waals surface area contributed by atoms with E-state index in [1.807, 2.05) is 0 Å². The van der Waals surface area contributed by atoms with E-state index in [0.29, 0.717) is 0 Å². The van der Waals surface area contributed by atoms with Gasteiger partial charge in [-0.1, -0.05) is 6.92 Å². The molecule has 1 unspecified atom stereocenters. The number of rotatable bonds is 1. The lowest BCUT2D eigenvalue weighted by Gasteiger charge is -2.11. The molecule has 0 radical (unpaired) electrons. The molecule has 0 aromatic carbocycles. The molecule has 2 heteroatoms. The van der Waals surface area contributed by atoms with E-state index in [-0.39, 0.29) is 0 Å². The zero-order valence-corrected chi connectivity index (χ0v) is 6.51. The summed E-state index contributed by atoms with van der Waals surface area (Å²) >= 11 is 0. The third-order valence-corrected chi connectivity index (χ3v) is 2.57. The molecule has 1 fully saturated rings. The summed E-state index contributed by atoms with van der Waals surface area (Å²) in [5.74, 6) is 2.20. The van der Waals surface area contributed by atoms with E-state index in [0.717, 1.165) is 12.5 Å². The van der Waals surface area contributed by atoms with Gasteiger partial charge in [-0.2, -0.15) is 0 Å². The third-order valence-electron chi connectivity index (χ3n) is 2.57. The summed E-state index contributed by atoms with van der Waals surface area (Å²) in [6.45, 7) is 5.75. The molecular weight excluding hydrogens is 124 g/mol. The van der Waals surface area contributed by atoms with Crippen LogP contribution in [0.15, 0.2) is 4.99 Å². The zero-order valence-electron chi connectivity index (χ0n) is 6.51. The van der Waals surface area contributed by atoms with Crippen molar-refractivity contribution in [3.05, 3.63) is 0 Å². The fraction of sp³-hybridized carbons (Fsp3) is 0.875. The van der Waals surface area contributed by atoms with E-state index in [4.69, 9.17) is 0 Å². The Morgan fingerprint density at radius 1 is 1.60 bits per heavy atom. The molecule has 0 aromatic heterocycles. The highest BCUT2D eigenvalue weighted by Gasteiger charge is 2.30. The first-order valence-electron chi connectivity index (χ1n) is 4.21. The lowest BCUT2D eigenvalue weighted by atomic mass is 10.1. The van der Waals surface area contributed by atoms with Gasteiger partial charge in [0.15, 0.2) is 0 Å². The van der Waals surface area contributed by atoms with Crippen LogP contribution in [0.2, 0.25) is 0 Å². The smallest absolute Gasteiger partial charge is 0.102 e. The fourth-order valence-electron chi connectivity index (χ4n) is 1.94. The van der Waals surface area contributed by atoms with Gasteiger partial charge in [0, 0.05) is 19.0 Å². The lowest BCUT2D eigenvalue weighted by molar-refractivity contribution is 0.488. The van der Waals surface area contributed by atoms with E-state index in [9.17, 15) is 0 Å². The summed E-state index contributed by atoms with van der Waals surface area (Å²) < 4.78 is 0. The quantitative estimate of drug-likeness (QED) is 0.530. The lowest BCUT2D eigenvalue weighted by Crippen LogP contribution is -2.23. The van der Waals surface area contributed by atoms with Crippen molar-refractivity contribution in [2.24, 2.45) is 10.9 Å². The van der Waals surface area contributed by atoms with Crippen molar-refractivity contribution in [2.75, 3.05) is 19.6 Å². The van der Waals surface area contributed by atoms with E-state index >= 15 is 0 Å². The molecule has 0 amide bonds. The molecule has 56 valence electrons. The number of hydrogen-bond acceptors (Lipinski definition) is 2. The summed E-state index contributed by atoms with van der Waals surface area (Å²) in [5.41, 5.74) is 0. The van der Waals surface area contributed by atoms with Crippen molar-refractivity contribution < 1.29 is 0 Å². The molecule has 2 aliphatic heterocycles. The molecule has 2 aliphatic rings. The maximum Gasteiger partial charge on any atom is 0.102 e. The minimum atomic E-state index is 0.794. The molecule has 2 nitrogen and oxygen atoms in total. The molecule has 0 aromatic rings. The normalized spacial score (nSPS) is 30.7. The van der Waals surface area contributed by atoms with Gasteiger partial charge in [-0.25, -0.2) is 0 Å². The molecule has 1 atom stereocenters. The van der Waals surface area contributed by atoms with Crippen LogP contribution >= 0.6 is 0 Å². The van der Waals surface area contributed by atoms with Gasteiger partial charge < -0.3 is 4.90 Å². The van der Waals surface area contributed by atoms with E-state index < -0.39 is 0 Å². The third kappa shape index (κ3) is 0.746. The predicted molar refractivity (Wildman–Crippen MR) is 42.3 cm³/mol. The minimum Gasteiger partial charge on any atom is -0.358 e. The molecule has 0 spiro atoms. The fourth-order valence-corrected chi connectivity index (χ4v) is 1.94. The number of nitrogens with zero attached hydrogens (tertiary/aromatic N) is 2. The maximum absolute atomic E-state index is 4.49. The SMILES string of the molecule is CCC1CCN2CCN=C12. The monoisotopic (exact) mass is 138 g/mol. The summed E-state index contributed by atoms with van der Waals surface area (Å²) in [6.07, 6.45) is 2.62. The van der Waals surface area contributed by atoms with Gasteiger partial charge in [0.25, 0.3) is 0 Å². The van der Waals surface area contributed by atoms with E-state index in [1.165, 1.54) is 31.8 Å². The van der Waals surface area contributed by atoms with Crippen LogP contribution in [0.5, 0.6) is 0 Å². The van der Waals surface area contributed by atoms with Crippen LogP contribution in [-0.4, -0.2) is 30.4 Å². The molecule has 0 bridgehead atoms. The van der Waals surface area contributed by atoms with Crippen molar-refractivity contribution in [3.63, 3.8) is 0 Å². The average molecular weight is 138 g/mol. The first-order chi connectivity index (χ1) is 4.92. The summed E-state index contributed by atoms with van der Waals surface area (Å²) in [5, 5.41) is 0. The van der Waals surface area contributed by atoms with E-state index in [2.05, 4.69) is 16.8 Å². The van der Waals surface area contributed by atoms with Gasteiger partial charge in [-0.15, -0.1) is 0 Å². The topological polar surface area (TPSA) is 15.6 Å². The summed E-state index contributed by atoms with van der Waals surface area (Å²) in [7, 11) is 0. The first kappa shape index (κ1) is 6.20. The predicted octanol–water partition coefficient (Wildman–Crippen LogP) is 1.13. The molecular formula is C8H14N2. The average Bonchev–Trinajstić information content (AvgIpc) is 2.44. The minimum absolute atomic E-state index is 0.794. The van der Waals surface area contributed by atoms with Gasteiger partial charge in [0.2, 0.25) is 0 Å². The number of fused-ring (bicyclic) bond motifs is 1. The Labute approximate surface area is 61.9 Å². The highest BCUT2D eigenvalue weighted by molar-refractivity contribution is 5.87. The second-order valence-corrected chi connectivity index (χ2v) is 3.12. The van der Waals surface area contributed by atoms with Crippen molar-refractivity contribution >= 4 is 5.84 Å².